The van der Waals surface area contributed by atoms with Gasteiger partial charge in [0.25, 0.3) is 0 Å². The number of nitrogens with zero attached hydrogens (tertiary/aromatic N) is 4. The smallest absolute Gasteiger partial charge is 0.368 e. The lowest BCUT2D eigenvalue weighted by Gasteiger charge is -2.36. The molecule has 1 fully saturated rings. The van der Waals surface area contributed by atoms with Crippen LogP contribution in [0.5, 0.6) is 0 Å². The summed E-state index contributed by atoms with van der Waals surface area (Å²) in [4.78, 5) is 11.1. The summed E-state index contributed by atoms with van der Waals surface area (Å²) in [6.45, 7) is 1.80. The first-order valence-corrected chi connectivity index (χ1v) is 6.40. The van der Waals surface area contributed by atoms with Crippen LogP contribution in [0, 0.1) is 0 Å². The fraction of sp³-hybridized carbons (Fsp3) is 0.667. The molecule has 1 aliphatic heterocycles. The maximum absolute atomic E-state index is 12.7. The van der Waals surface area contributed by atoms with E-state index in [1.54, 1.807) is 11.9 Å². The van der Waals surface area contributed by atoms with Gasteiger partial charge in [-0.2, -0.15) is 18.2 Å². The summed E-state index contributed by atoms with van der Waals surface area (Å²) >= 11 is 0. The average Bonchev–Trinajstić information content (AvgIpc) is 2.36. The Morgan fingerprint density at radius 3 is 2.70 bits per heavy atom. The number of likely N-dealkylation sites (tertiary alicyclic amines) is 1. The van der Waals surface area contributed by atoms with Gasteiger partial charge >= 0.3 is 6.18 Å². The molecule has 5 nitrogen and oxygen atoms in total. The lowest BCUT2D eigenvalue weighted by atomic mass is 10.1. The molecule has 1 aromatic rings. The topological polar surface area (TPSA) is 58.3 Å². The van der Waals surface area contributed by atoms with Crippen molar-refractivity contribution in [3.8, 4) is 0 Å². The number of alkyl halides is 3. The second-order valence-electron chi connectivity index (χ2n) is 5.14. The zero-order chi connectivity index (χ0) is 14.9. The largest absolute Gasteiger partial charge is 0.433 e. The molecule has 112 valence electrons. The molecular formula is C12H18F3N5. The van der Waals surface area contributed by atoms with Crippen LogP contribution in [-0.4, -0.2) is 48.1 Å². The van der Waals surface area contributed by atoms with Gasteiger partial charge in [-0.15, -0.1) is 0 Å². The van der Waals surface area contributed by atoms with Crippen LogP contribution in [0.15, 0.2) is 6.07 Å². The summed E-state index contributed by atoms with van der Waals surface area (Å²) < 4.78 is 38.2. The summed E-state index contributed by atoms with van der Waals surface area (Å²) in [6, 6.07) is 1.08. The van der Waals surface area contributed by atoms with E-state index in [1.807, 2.05) is 7.05 Å². The highest BCUT2D eigenvalue weighted by Crippen LogP contribution is 2.30. The lowest BCUT2D eigenvalue weighted by Crippen LogP contribution is -2.45. The van der Waals surface area contributed by atoms with Crippen molar-refractivity contribution in [3.05, 3.63) is 11.8 Å². The Morgan fingerprint density at radius 1 is 1.40 bits per heavy atom. The Hall–Kier alpha value is -1.57. The number of nitrogens with two attached hydrogens (primary N) is 1. The summed E-state index contributed by atoms with van der Waals surface area (Å²) in [6.07, 6.45) is -2.58. The zero-order valence-electron chi connectivity index (χ0n) is 11.5. The maximum atomic E-state index is 12.7. The first-order chi connectivity index (χ1) is 9.27. The van der Waals surface area contributed by atoms with Crippen LogP contribution in [0.4, 0.5) is 24.9 Å². The van der Waals surface area contributed by atoms with Crippen molar-refractivity contribution in [3.63, 3.8) is 0 Å². The van der Waals surface area contributed by atoms with Crippen LogP contribution in [-0.2, 0) is 6.18 Å². The van der Waals surface area contributed by atoms with E-state index in [2.05, 4.69) is 14.9 Å². The Morgan fingerprint density at radius 2 is 2.10 bits per heavy atom. The lowest BCUT2D eigenvalue weighted by molar-refractivity contribution is -0.141. The van der Waals surface area contributed by atoms with Crippen LogP contribution in [0.2, 0.25) is 0 Å². The van der Waals surface area contributed by atoms with Gasteiger partial charge in [0.15, 0.2) is 5.69 Å². The van der Waals surface area contributed by atoms with Crippen molar-refractivity contribution in [2.45, 2.75) is 25.1 Å². The molecule has 2 heterocycles. The maximum Gasteiger partial charge on any atom is 0.433 e. The molecule has 1 aliphatic rings. The van der Waals surface area contributed by atoms with Crippen LogP contribution in [0.3, 0.4) is 0 Å². The van der Waals surface area contributed by atoms with E-state index in [1.165, 1.54) is 0 Å². The Bertz CT molecular complexity index is 477. The highest BCUT2D eigenvalue weighted by molar-refractivity contribution is 5.44. The highest BCUT2D eigenvalue weighted by atomic mass is 19.4. The number of rotatable bonds is 2. The predicted octanol–water partition coefficient (Wildman–Crippen LogP) is 1.61. The van der Waals surface area contributed by atoms with E-state index >= 15 is 0 Å². The molecule has 20 heavy (non-hydrogen) atoms. The second-order valence-corrected chi connectivity index (χ2v) is 5.14. The summed E-state index contributed by atoms with van der Waals surface area (Å²) in [5.74, 6) is -0.143. The molecule has 1 aromatic heterocycles. The van der Waals surface area contributed by atoms with Gasteiger partial charge in [-0.25, -0.2) is 4.98 Å². The van der Waals surface area contributed by atoms with Crippen molar-refractivity contribution < 1.29 is 13.2 Å². The monoisotopic (exact) mass is 289 g/mol. The molecule has 2 N–H and O–H groups in total. The molecule has 1 atom stereocenters. The molecule has 8 heteroatoms. The van der Waals surface area contributed by atoms with E-state index in [-0.39, 0.29) is 17.8 Å². The third kappa shape index (κ3) is 3.30. The van der Waals surface area contributed by atoms with Crippen LogP contribution in [0.1, 0.15) is 18.5 Å². The molecule has 0 aliphatic carbocycles. The summed E-state index contributed by atoms with van der Waals surface area (Å²) in [5, 5.41) is 0. The Balaban J connectivity index is 2.25. The quantitative estimate of drug-likeness (QED) is 0.896. The van der Waals surface area contributed by atoms with Gasteiger partial charge in [0, 0.05) is 25.7 Å². The van der Waals surface area contributed by atoms with Crippen molar-refractivity contribution in [2.75, 3.05) is 37.8 Å². The molecule has 0 amide bonds. The van der Waals surface area contributed by atoms with Gasteiger partial charge in [0.2, 0.25) is 5.95 Å². The number of aromatic nitrogens is 2. The minimum atomic E-state index is -4.52. The van der Waals surface area contributed by atoms with Crippen LogP contribution in [0.25, 0.3) is 0 Å². The van der Waals surface area contributed by atoms with Gasteiger partial charge in [-0.3, -0.25) is 0 Å². The minimum absolute atomic E-state index is 0.129. The number of anilines is 2. The van der Waals surface area contributed by atoms with E-state index in [9.17, 15) is 13.2 Å². The van der Waals surface area contributed by atoms with Gasteiger partial charge in [-0.1, -0.05) is 0 Å². The third-order valence-corrected chi connectivity index (χ3v) is 3.53. The Kier molecular flexibility index (Phi) is 4.03. The molecule has 1 saturated heterocycles. The van der Waals surface area contributed by atoms with E-state index in [0.717, 1.165) is 32.0 Å². The van der Waals surface area contributed by atoms with Crippen LogP contribution >= 0.6 is 0 Å². The molecule has 0 aromatic carbocycles. The molecule has 0 radical (unpaired) electrons. The number of hydrogen-bond donors (Lipinski definition) is 1. The van der Waals surface area contributed by atoms with E-state index in [4.69, 9.17) is 5.73 Å². The normalized spacial score (nSPS) is 20.9. The van der Waals surface area contributed by atoms with Gasteiger partial charge < -0.3 is 15.5 Å². The first-order valence-electron chi connectivity index (χ1n) is 6.40. The molecule has 0 bridgehead atoms. The van der Waals surface area contributed by atoms with Gasteiger partial charge in [0.05, 0.1) is 0 Å². The molecule has 2 rings (SSSR count). The minimum Gasteiger partial charge on any atom is -0.368 e. The fourth-order valence-corrected chi connectivity index (χ4v) is 2.42. The number of nitrogen functional groups attached to an aromatic ring is 1. The average molecular weight is 289 g/mol. The van der Waals surface area contributed by atoms with E-state index in [0.29, 0.717) is 0 Å². The predicted molar refractivity (Wildman–Crippen MR) is 70.4 cm³/mol. The standard InChI is InChI=1S/C12H18F3N5/c1-19-5-3-4-8(7-19)20(2)10-6-9(12(13,14)15)17-11(16)18-10/h6,8H,3-5,7H2,1-2H3,(H2,16,17,18). The molecule has 1 unspecified atom stereocenters. The van der Waals surface area contributed by atoms with Gasteiger partial charge in [0.1, 0.15) is 5.82 Å². The number of hydrogen-bond acceptors (Lipinski definition) is 5. The zero-order valence-corrected chi connectivity index (χ0v) is 11.5. The summed E-state index contributed by atoms with van der Waals surface area (Å²) in [5.41, 5.74) is 4.39. The van der Waals surface area contributed by atoms with Crippen molar-refractivity contribution in [1.82, 2.24) is 14.9 Å². The second kappa shape index (κ2) is 5.43. The third-order valence-electron chi connectivity index (χ3n) is 3.53. The molecule has 0 spiro atoms. The fourth-order valence-electron chi connectivity index (χ4n) is 2.42. The number of likely N-dealkylation sites (N-methyl/N-ethyl adjacent to an activating group) is 2. The highest BCUT2D eigenvalue weighted by Gasteiger charge is 2.34. The van der Waals surface area contributed by atoms with Crippen LogP contribution < -0.4 is 10.6 Å². The molecular weight excluding hydrogens is 271 g/mol. The number of halogens is 3. The van der Waals surface area contributed by atoms with Crippen molar-refractivity contribution in [2.24, 2.45) is 0 Å². The van der Waals surface area contributed by atoms with Crippen molar-refractivity contribution >= 4 is 11.8 Å². The SMILES string of the molecule is CN1CCCC(N(C)c2cc(C(F)(F)F)nc(N)n2)C1. The first kappa shape index (κ1) is 14.8. The van der Waals surface area contributed by atoms with E-state index < -0.39 is 11.9 Å². The number of piperidine rings is 1. The summed E-state index contributed by atoms with van der Waals surface area (Å²) in [7, 11) is 3.74. The Labute approximate surface area is 115 Å². The molecule has 0 saturated carbocycles. The van der Waals surface area contributed by atoms with Crippen molar-refractivity contribution in [1.29, 1.82) is 0 Å². The van der Waals surface area contributed by atoms with Gasteiger partial charge in [-0.05, 0) is 26.4 Å².